The lowest BCUT2D eigenvalue weighted by atomic mass is 10.1. The maximum Gasteiger partial charge on any atom is 0.215 e. The molecule has 1 saturated carbocycles. The van der Waals surface area contributed by atoms with Crippen LogP contribution in [0.2, 0.25) is 0 Å². The van der Waals surface area contributed by atoms with Gasteiger partial charge in [-0.15, -0.1) is 0 Å². The van der Waals surface area contributed by atoms with Crippen LogP contribution in [0.5, 0.6) is 0 Å². The maximum absolute atomic E-state index is 12.0. The molecule has 0 bridgehead atoms. The molecule has 1 aromatic rings. The third kappa shape index (κ3) is 6.38. The maximum atomic E-state index is 12.0. The van der Waals surface area contributed by atoms with Crippen LogP contribution in [0, 0.1) is 0 Å². The minimum absolute atomic E-state index is 0.0461. The van der Waals surface area contributed by atoms with E-state index >= 15 is 0 Å². The van der Waals surface area contributed by atoms with Gasteiger partial charge >= 0.3 is 0 Å². The molecule has 0 amide bonds. The van der Waals surface area contributed by atoms with Crippen LogP contribution >= 0.6 is 11.8 Å². The van der Waals surface area contributed by atoms with E-state index in [-0.39, 0.29) is 11.0 Å². The summed E-state index contributed by atoms with van der Waals surface area (Å²) in [5.41, 5.74) is 2.03. The number of rotatable bonds is 9. The van der Waals surface area contributed by atoms with Gasteiger partial charge in [0.25, 0.3) is 0 Å². The lowest BCUT2D eigenvalue weighted by Crippen LogP contribution is -2.30. The van der Waals surface area contributed by atoms with Crippen molar-refractivity contribution in [3.8, 4) is 0 Å². The fourth-order valence-corrected chi connectivity index (χ4v) is 3.49. The highest BCUT2D eigenvalue weighted by Gasteiger charge is 2.19. The van der Waals surface area contributed by atoms with Crippen LogP contribution in [0.25, 0.3) is 0 Å². The van der Waals surface area contributed by atoms with Gasteiger partial charge < -0.3 is 5.32 Å². The quantitative estimate of drug-likeness (QED) is 0.729. The number of benzene rings is 1. The summed E-state index contributed by atoms with van der Waals surface area (Å²) in [7, 11) is -3.25. The fraction of sp³-hybridized carbons (Fsp3) is 0.600. The lowest BCUT2D eigenvalue weighted by Gasteiger charge is -2.11. The van der Waals surface area contributed by atoms with Crippen molar-refractivity contribution in [1.82, 2.24) is 10.0 Å². The summed E-state index contributed by atoms with van der Waals surface area (Å²) in [5.74, 6) is 0.0461. The zero-order valence-electron chi connectivity index (χ0n) is 12.6. The van der Waals surface area contributed by atoms with Crippen LogP contribution < -0.4 is 10.0 Å². The molecule has 0 aromatic heterocycles. The minimum atomic E-state index is -3.25. The van der Waals surface area contributed by atoms with Crippen molar-refractivity contribution in [1.29, 1.82) is 0 Å². The van der Waals surface area contributed by atoms with Crippen LogP contribution in [0.4, 0.5) is 0 Å². The van der Waals surface area contributed by atoms with Gasteiger partial charge in [0.15, 0.2) is 0 Å². The fourth-order valence-electron chi connectivity index (χ4n) is 1.90. The third-order valence-electron chi connectivity index (χ3n) is 3.54. The molecule has 0 saturated heterocycles. The van der Waals surface area contributed by atoms with Crippen LogP contribution in [-0.2, 0) is 22.3 Å². The molecular weight excluding hydrogens is 304 g/mol. The minimum Gasteiger partial charge on any atom is -0.310 e. The molecule has 118 valence electrons. The molecule has 21 heavy (non-hydrogen) atoms. The van der Waals surface area contributed by atoms with E-state index < -0.39 is 10.0 Å². The van der Waals surface area contributed by atoms with Crippen molar-refractivity contribution in [2.45, 2.75) is 43.4 Å². The molecule has 2 rings (SSSR count). The lowest BCUT2D eigenvalue weighted by molar-refractivity contribution is 0.580. The molecule has 1 aliphatic rings. The predicted molar refractivity (Wildman–Crippen MR) is 89.9 cm³/mol. The van der Waals surface area contributed by atoms with Crippen molar-refractivity contribution in [2.75, 3.05) is 12.8 Å². The molecule has 1 aromatic carbocycles. The highest BCUT2D eigenvalue weighted by Crippen LogP contribution is 2.19. The van der Waals surface area contributed by atoms with Crippen molar-refractivity contribution in [3.05, 3.63) is 35.4 Å². The van der Waals surface area contributed by atoms with E-state index in [9.17, 15) is 8.42 Å². The first kappa shape index (κ1) is 16.8. The molecule has 0 aliphatic heterocycles. The number of sulfonamides is 1. The normalized spacial score (nSPS) is 16.9. The second-order valence-corrected chi connectivity index (χ2v) is 8.71. The average Bonchev–Trinajstić information content (AvgIpc) is 3.28. The molecule has 1 atom stereocenters. The highest BCUT2D eigenvalue weighted by molar-refractivity contribution is 7.99. The number of nitrogens with one attached hydrogen (secondary N) is 2. The summed E-state index contributed by atoms with van der Waals surface area (Å²) >= 11 is 1.65. The van der Waals surface area contributed by atoms with Crippen LogP contribution in [0.15, 0.2) is 24.3 Å². The largest absolute Gasteiger partial charge is 0.310 e. The number of hydrogen-bond acceptors (Lipinski definition) is 4. The van der Waals surface area contributed by atoms with E-state index in [0.29, 0.717) is 12.6 Å². The van der Waals surface area contributed by atoms with Crippen molar-refractivity contribution in [2.24, 2.45) is 0 Å². The van der Waals surface area contributed by atoms with Crippen molar-refractivity contribution in [3.63, 3.8) is 0 Å². The van der Waals surface area contributed by atoms with Gasteiger partial charge in [-0.25, -0.2) is 13.1 Å². The summed E-state index contributed by atoms with van der Waals surface area (Å²) < 4.78 is 26.7. The smallest absolute Gasteiger partial charge is 0.215 e. The first-order chi connectivity index (χ1) is 9.98. The Morgan fingerprint density at radius 3 is 2.43 bits per heavy atom. The Kier molecular flexibility index (Phi) is 6.10. The Balaban J connectivity index is 1.83. The number of hydrogen-bond donors (Lipinski definition) is 2. The molecule has 2 N–H and O–H groups in total. The molecular formula is C15H24N2O2S2. The Hall–Kier alpha value is -0.560. The summed E-state index contributed by atoms with van der Waals surface area (Å²) in [6, 6.07) is 8.50. The number of thioether (sulfide) groups is 1. The molecule has 0 radical (unpaired) electrons. The zero-order valence-corrected chi connectivity index (χ0v) is 14.3. The first-order valence-corrected chi connectivity index (χ1v) is 10.2. The van der Waals surface area contributed by atoms with E-state index in [0.717, 1.165) is 12.1 Å². The van der Waals surface area contributed by atoms with Gasteiger partial charge in [0.05, 0.1) is 5.75 Å². The Morgan fingerprint density at radius 1 is 1.24 bits per heavy atom. The van der Waals surface area contributed by atoms with Gasteiger partial charge in [-0.05, 0) is 30.2 Å². The average molecular weight is 329 g/mol. The van der Waals surface area contributed by atoms with Crippen molar-refractivity contribution >= 4 is 21.8 Å². The first-order valence-electron chi connectivity index (χ1n) is 7.30. The molecule has 1 unspecified atom stereocenters. The third-order valence-corrected chi connectivity index (χ3v) is 5.84. The van der Waals surface area contributed by atoms with Crippen LogP contribution in [0.1, 0.15) is 30.9 Å². The van der Waals surface area contributed by atoms with Gasteiger partial charge in [-0.2, -0.15) is 11.8 Å². The van der Waals surface area contributed by atoms with E-state index in [4.69, 9.17) is 0 Å². The second-order valence-electron chi connectivity index (χ2n) is 5.63. The molecule has 1 fully saturated rings. The molecule has 0 heterocycles. The predicted octanol–water partition coefficient (Wildman–Crippen LogP) is 2.11. The molecule has 4 nitrogen and oxygen atoms in total. The van der Waals surface area contributed by atoms with E-state index in [2.05, 4.69) is 10.0 Å². The van der Waals surface area contributed by atoms with E-state index in [1.165, 1.54) is 18.4 Å². The van der Waals surface area contributed by atoms with Gasteiger partial charge in [-0.3, -0.25) is 0 Å². The van der Waals surface area contributed by atoms with E-state index in [1.54, 1.807) is 11.8 Å². The topological polar surface area (TPSA) is 58.2 Å². The van der Waals surface area contributed by atoms with Crippen LogP contribution in [0.3, 0.4) is 0 Å². The summed E-state index contributed by atoms with van der Waals surface area (Å²) in [6.45, 7) is 3.35. The second kappa shape index (κ2) is 7.63. The SMILES string of the molecule is CSC(C)CNS(=O)(=O)Cc1ccc(CNC2CC2)cc1. The van der Waals surface area contributed by atoms with Gasteiger partial charge in [0, 0.05) is 24.4 Å². The van der Waals surface area contributed by atoms with Gasteiger partial charge in [0.2, 0.25) is 10.0 Å². The molecule has 6 heteroatoms. The summed E-state index contributed by atoms with van der Waals surface area (Å²) in [6.07, 6.45) is 4.53. The Morgan fingerprint density at radius 2 is 1.86 bits per heavy atom. The van der Waals surface area contributed by atoms with Crippen LogP contribution in [-0.4, -0.2) is 32.5 Å². The van der Waals surface area contributed by atoms with Gasteiger partial charge in [-0.1, -0.05) is 31.2 Å². The zero-order chi connectivity index (χ0) is 15.3. The monoisotopic (exact) mass is 328 g/mol. The standard InChI is InChI=1S/C15H24N2O2S2/c1-12(20-2)9-17-21(18,19)11-14-5-3-13(4-6-14)10-16-15-7-8-15/h3-6,12,15-17H,7-11H2,1-2H3. The molecule has 0 spiro atoms. The van der Waals surface area contributed by atoms with Gasteiger partial charge in [0.1, 0.15) is 0 Å². The Bertz CT molecular complexity index is 539. The highest BCUT2D eigenvalue weighted by atomic mass is 32.2. The Labute approximate surface area is 132 Å². The van der Waals surface area contributed by atoms with Crippen molar-refractivity contribution < 1.29 is 8.42 Å². The summed E-state index contributed by atoms with van der Waals surface area (Å²) in [5, 5.41) is 3.73. The van der Waals surface area contributed by atoms with E-state index in [1.807, 2.05) is 37.4 Å². The molecule has 1 aliphatic carbocycles. The summed E-state index contributed by atoms with van der Waals surface area (Å²) in [4.78, 5) is 0.